The molecule has 1 saturated carbocycles. The van der Waals surface area contributed by atoms with E-state index in [9.17, 15) is 14.9 Å². The number of aliphatic imine (C=N–C) groups is 1. The van der Waals surface area contributed by atoms with Gasteiger partial charge in [0, 0.05) is 36.6 Å². The van der Waals surface area contributed by atoms with Crippen molar-refractivity contribution in [3.63, 3.8) is 0 Å². The summed E-state index contributed by atoms with van der Waals surface area (Å²) >= 11 is 1.74. The lowest BCUT2D eigenvalue weighted by Crippen LogP contribution is -2.52. The van der Waals surface area contributed by atoms with E-state index in [-0.39, 0.29) is 29.7 Å². The van der Waals surface area contributed by atoms with Crippen molar-refractivity contribution in [2.45, 2.75) is 51.5 Å². The van der Waals surface area contributed by atoms with Crippen LogP contribution in [0.15, 0.2) is 58.6 Å². The van der Waals surface area contributed by atoms with Crippen LogP contribution in [0.3, 0.4) is 0 Å². The van der Waals surface area contributed by atoms with Crippen molar-refractivity contribution in [3.05, 3.63) is 64.0 Å². The minimum absolute atomic E-state index is 0.0483. The summed E-state index contributed by atoms with van der Waals surface area (Å²) in [5.41, 5.74) is 14.2. The number of thiophene rings is 1. The molecular weight excluding hydrogens is 484 g/mol. The zero-order chi connectivity index (χ0) is 27.0. The van der Waals surface area contributed by atoms with Crippen LogP contribution in [0.4, 0.5) is 0 Å². The number of nitrogens with one attached hydrogen (secondary N) is 1. The van der Waals surface area contributed by atoms with Gasteiger partial charge in [-0.05, 0) is 67.7 Å². The highest BCUT2D eigenvalue weighted by atomic mass is 32.1. The number of carbonyl (C=O) groups excluding carboxylic acids is 2. The highest BCUT2D eigenvalue weighted by Crippen LogP contribution is 2.30. The maximum Gasteiger partial charge on any atom is 0.253 e. The zero-order valence-corrected chi connectivity index (χ0v) is 22.4. The lowest BCUT2D eigenvalue weighted by atomic mass is 9.84. The molecule has 1 saturated heterocycles. The van der Waals surface area contributed by atoms with Gasteiger partial charge in [0.15, 0.2) is 0 Å². The molecule has 3 rings (SSSR count). The third kappa shape index (κ3) is 8.00. The number of nitrogens with zero attached hydrogens (tertiary/aromatic N) is 3. The highest BCUT2D eigenvalue weighted by Gasteiger charge is 2.34. The van der Waals surface area contributed by atoms with Gasteiger partial charge < -0.3 is 16.8 Å². The molecule has 1 aromatic rings. The van der Waals surface area contributed by atoms with Crippen molar-refractivity contribution in [3.8, 4) is 6.07 Å². The minimum atomic E-state index is -0.775. The van der Waals surface area contributed by atoms with Crippen LogP contribution in [0, 0.1) is 24.2 Å². The monoisotopic (exact) mass is 520 g/mol. The Morgan fingerprint density at radius 1 is 1.32 bits per heavy atom. The van der Waals surface area contributed by atoms with Gasteiger partial charge in [-0.2, -0.15) is 10.3 Å². The zero-order valence-electron chi connectivity index (χ0n) is 21.6. The van der Waals surface area contributed by atoms with Crippen LogP contribution < -0.4 is 16.8 Å². The highest BCUT2D eigenvalue weighted by molar-refractivity contribution is 7.10. The molecule has 8 nitrogen and oxygen atoms in total. The molecule has 196 valence electrons. The summed E-state index contributed by atoms with van der Waals surface area (Å²) in [4.78, 5) is 31.4. The molecule has 0 unspecified atom stereocenters. The summed E-state index contributed by atoms with van der Waals surface area (Å²) in [5, 5.41) is 14.9. The largest absolute Gasteiger partial charge is 0.384 e. The predicted molar refractivity (Wildman–Crippen MR) is 149 cm³/mol. The Morgan fingerprint density at radius 3 is 2.57 bits per heavy atom. The van der Waals surface area contributed by atoms with E-state index in [2.05, 4.69) is 64.5 Å². The predicted octanol–water partition coefficient (Wildman–Crippen LogP) is 3.57. The third-order valence-electron chi connectivity index (χ3n) is 6.75. The molecule has 37 heavy (non-hydrogen) atoms. The number of piperidine rings is 1. The van der Waals surface area contributed by atoms with Gasteiger partial charge in [0.25, 0.3) is 11.8 Å². The number of carbonyl (C=O) groups is 2. The Bertz CT molecular complexity index is 1190. The smallest absolute Gasteiger partial charge is 0.253 e. The van der Waals surface area contributed by atoms with E-state index in [0.29, 0.717) is 12.8 Å². The molecule has 2 amide bonds. The van der Waals surface area contributed by atoms with E-state index >= 15 is 0 Å². The number of rotatable bonds is 11. The van der Waals surface area contributed by atoms with Crippen molar-refractivity contribution < 1.29 is 9.59 Å². The Hall–Kier alpha value is -3.48. The molecule has 9 heteroatoms. The fourth-order valence-electron chi connectivity index (χ4n) is 4.26. The van der Waals surface area contributed by atoms with Crippen LogP contribution >= 0.6 is 11.3 Å². The van der Waals surface area contributed by atoms with E-state index in [0.717, 1.165) is 38.0 Å². The second kappa shape index (κ2) is 12.7. The molecule has 2 fully saturated rings. The standard InChI is InChI=1S/C28H36N6O2S/c1-4-21(23-15-20(3)37-18-23)6-5-19(2)17-34-13-10-28(9-12-29,11-14-34)32-16-24(26(31)35)25(30)33-27(36)22-7-8-22/h4-6,15-16,18,22,32H,2,7-11,13-14,17H2,1,3H3,(H2,31,35)(H2,30,33,36)/b6-5-,21-4+,24-16+. The number of allylic oxidation sites excluding steroid dienone is 3. The molecule has 2 heterocycles. The normalized spacial score (nSPS) is 19.0. The van der Waals surface area contributed by atoms with Crippen LogP contribution in [0.25, 0.3) is 5.57 Å². The average Bonchev–Trinajstić information content (AvgIpc) is 3.62. The summed E-state index contributed by atoms with van der Waals surface area (Å²) < 4.78 is 0. The average molecular weight is 521 g/mol. The molecule has 0 bridgehead atoms. The van der Waals surface area contributed by atoms with Crippen molar-refractivity contribution in [1.29, 1.82) is 5.26 Å². The Balaban J connectivity index is 1.60. The van der Waals surface area contributed by atoms with Crippen LogP contribution in [0.2, 0.25) is 0 Å². The maximum atomic E-state index is 12.0. The van der Waals surface area contributed by atoms with E-state index in [1.165, 1.54) is 22.2 Å². The third-order valence-corrected chi connectivity index (χ3v) is 7.61. The lowest BCUT2D eigenvalue weighted by molar-refractivity contribution is -0.118. The first-order valence-corrected chi connectivity index (χ1v) is 13.4. The van der Waals surface area contributed by atoms with E-state index in [1.54, 1.807) is 11.3 Å². The molecule has 0 spiro atoms. The fourth-order valence-corrected chi connectivity index (χ4v) is 4.97. The topological polar surface area (TPSA) is 138 Å². The quantitative estimate of drug-likeness (QED) is 0.176. The number of hydrogen-bond acceptors (Lipinski definition) is 6. The summed E-state index contributed by atoms with van der Waals surface area (Å²) in [6, 6.07) is 4.43. The van der Waals surface area contributed by atoms with Crippen LogP contribution in [-0.2, 0) is 9.59 Å². The summed E-state index contributed by atoms with van der Waals surface area (Å²) in [6.45, 7) is 10.6. The maximum absolute atomic E-state index is 12.0. The first-order chi connectivity index (χ1) is 17.7. The van der Waals surface area contributed by atoms with Gasteiger partial charge in [-0.15, -0.1) is 11.3 Å². The van der Waals surface area contributed by atoms with Crippen LogP contribution in [0.5, 0.6) is 0 Å². The van der Waals surface area contributed by atoms with E-state index in [4.69, 9.17) is 11.5 Å². The Kier molecular flexibility index (Phi) is 9.61. The fraction of sp³-hybridized carbons (Fsp3) is 0.429. The number of hydrogen-bond donors (Lipinski definition) is 3. The van der Waals surface area contributed by atoms with Gasteiger partial charge in [0.2, 0.25) is 0 Å². The van der Waals surface area contributed by atoms with Crippen LogP contribution in [-0.4, -0.2) is 47.7 Å². The van der Waals surface area contributed by atoms with Gasteiger partial charge in [-0.3, -0.25) is 14.5 Å². The number of amides is 2. The molecule has 1 aromatic heterocycles. The molecular formula is C28H36N6O2S. The van der Waals surface area contributed by atoms with Crippen molar-refractivity contribution in [2.75, 3.05) is 19.6 Å². The number of amidine groups is 1. The van der Waals surface area contributed by atoms with E-state index < -0.39 is 11.4 Å². The van der Waals surface area contributed by atoms with Gasteiger partial charge in [-0.1, -0.05) is 24.8 Å². The molecule has 0 aromatic carbocycles. The number of primary amides is 1. The number of nitriles is 1. The van der Waals surface area contributed by atoms with E-state index in [1.807, 2.05) is 6.92 Å². The van der Waals surface area contributed by atoms with Crippen LogP contribution in [0.1, 0.15) is 49.5 Å². The van der Waals surface area contributed by atoms with Crippen molar-refractivity contribution in [1.82, 2.24) is 10.2 Å². The van der Waals surface area contributed by atoms with Gasteiger partial charge in [-0.25, -0.2) is 0 Å². The first-order valence-electron chi connectivity index (χ1n) is 12.5. The summed E-state index contributed by atoms with van der Waals surface area (Å²) in [7, 11) is 0. The first kappa shape index (κ1) is 28.1. The molecule has 1 aliphatic carbocycles. The minimum Gasteiger partial charge on any atom is -0.384 e. The van der Waals surface area contributed by atoms with Gasteiger partial charge in [0.1, 0.15) is 5.84 Å². The van der Waals surface area contributed by atoms with Gasteiger partial charge >= 0.3 is 0 Å². The molecule has 5 N–H and O–H groups in total. The number of aryl methyl sites for hydroxylation is 1. The van der Waals surface area contributed by atoms with Gasteiger partial charge in [0.05, 0.1) is 23.6 Å². The molecule has 2 aliphatic rings. The summed E-state index contributed by atoms with van der Waals surface area (Å²) in [6.07, 6.45) is 10.9. The number of likely N-dealkylation sites (tertiary alicyclic amines) is 1. The van der Waals surface area contributed by atoms with Crippen molar-refractivity contribution >= 4 is 34.6 Å². The molecule has 0 atom stereocenters. The van der Waals surface area contributed by atoms with Crippen molar-refractivity contribution in [2.24, 2.45) is 22.4 Å². The second-order valence-corrected chi connectivity index (χ2v) is 10.9. The Morgan fingerprint density at radius 2 is 2.03 bits per heavy atom. The lowest BCUT2D eigenvalue weighted by Gasteiger charge is -2.41. The molecule has 0 radical (unpaired) electrons. The molecule has 1 aliphatic heterocycles. The number of nitrogens with two attached hydrogens (primary N) is 2. The Labute approximate surface area is 223 Å². The SMILES string of the molecule is C=C(/C=C\C(=C/C)c1csc(C)c1)CN1CCC(CC#N)(N/C=C(/C(N)=O)C(N)=NC(=O)C2CC2)CC1. The summed E-state index contributed by atoms with van der Waals surface area (Å²) in [5.74, 6) is -1.40. The second-order valence-electron chi connectivity index (χ2n) is 9.75.